The van der Waals surface area contributed by atoms with Gasteiger partial charge in [0.1, 0.15) is 5.92 Å². The zero-order valence-corrected chi connectivity index (χ0v) is 14.2. The number of carbonyl (C=O) groups excluding carboxylic acids is 1. The highest BCUT2D eigenvalue weighted by Gasteiger charge is 2.42. The summed E-state index contributed by atoms with van der Waals surface area (Å²) in [5.74, 6) is -4.58. The number of allylic oxidation sites excluding steroid dienone is 3. The molecule has 1 heterocycles. The monoisotopic (exact) mass is 352 g/mol. The molecule has 0 aliphatic carbocycles. The number of nitrogens with one attached hydrogen (secondary N) is 1. The maximum Gasteiger partial charge on any atom is 0.337 e. The zero-order chi connectivity index (χ0) is 18.9. The second-order valence-electron chi connectivity index (χ2n) is 5.96. The zero-order valence-electron chi connectivity index (χ0n) is 14.2. The van der Waals surface area contributed by atoms with Crippen molar-refractivity contribution >= 4 is 5.97 Å². The van der Waals surface area contributed by atoms with E-state index in [1.54, 1.807) is 13.8 Å². The fraction of sp³-hybridized carbons (Fsp3) is 0.353. The maximum atomic E-state index is 14.4. The summed E-state index contributed by atoms with van der Waals surface area (Å²) in [7, 11) is 0. The summed E-state index contributed by atoms with van der Waals surface area (Å²) in [5.41, 5.74) is -0.386. The first-order valence-corrected chi connectivity index (χ1v) is 7.63. The van der Waals surface area contributed by atoms with Crippen LogP contribution in [-0.4, -0.2) is 17.0 Å². The van der Waals surface area contributed by atoms with Crippen LogP contribution in [0.1, 0.15) is 39.2 Å². The number of halogens is 2. The van der Waals surface area contributed by atoms with Crippen LogP contribution in [0.3, 0.4) is 0 Å². The van der Waals surface area contributed by atoms with Gasteiger partial charge in [0.2, 0.25) is 0 Å². The summed E-state index contributed by atoms with van der Waals surface area (Å²) in [6.07, 6.45) is -0.475. The molecule has 0 saturated heterocycles. The number of rotatable bonds is 4. The average Bonchev–Trinajstić information content (AvgIpc) is 2.47. The Balaban J connectivity index is 2.71. The van der Waals surface area contributed by atoms with Gasteiger partial charge in [-0.3, -0.25) is 10.1 Å². The highest BCUT2D eigenvalue weighted by Crippen LogP contribution is 2.40. The molecular weight excluding hydrogens is 334 g/mol. The minimum absolute atomic E-state index is 0.115. The smallest absolute Gasteiger partial charge is 0.337 e. The number of hydrogen-bond acceptors (Lipinski definition) is 5. The minimum atomic E-state index is -1.38. The van der Waals surface area contributed by atoms with Crippen LogP contribution in [0.2, 0.25) is 0 Å². The van der Waals surface area contributed by atoms with E-state index in [1.165, 1.54) is 26.0 Å². The van der Waals surface area contributed by atoms with Gasteiger partial charge in [-0.25, -0.2) is 13.6 Å². The van der Waals surface area contributed by atoms with Crippen LogP contribution < -0.4 is 5.32 Å². The molecule has 0 amide bonds. The Morgan fingerprint density at radius 3 is 2.48 bits per heavy atom. The van der Waals surface area contributed by atoms with Gasteiger partial charge in [-0.2, -0.15) is 0 Å². The normalized spacial score (nSPS) is 17.6. The quantitative estimate of drug-likeness (QED) is 0.510. The van der Waals surface area contributed by atoms with Crippen molar-refractivity contribution in [2.24, 2.45) is 0 Å². The largest absolute Gasteiger partial charge is 0.460 e. The van der Waals surface area contributed by atoms with Crippen molar-refractivity contribution < 1.29 is 23.2 Å². The molecule has 0 unspecified atom stereocenters. The lowest BCUT2D eigenvalue weighted by Gasteiger charge is -2.27. The first-order chi connectivity index (χ1) is 11.6. The minimum Gasteiger partial charge on any atom is -0.460 e. The molecule has 25 heavy (non-hydrogen) atoms. The highest BCUT2D eigenvalue weighted by atomic mass is 19.2. The number of carbonyl (C=O) groups is 1. The predicted octanol–water partition coefficient (Wildman–Crippen LogP) is 3.39. The fourth-order valence-corrected chi connectivity index (χ4v) is 2.82. The molecule has 2 rings (SSSR count). The third-order valence-electron chi connectivity index (χ3n) is 3.78. The first kappa shape index (κ1) is 18.6. The molecule has 134 valence electrons. The lowest BCUT2D eigenvalue weighted by Crippen LogP contribution is -2.32. The van der Waals surface area contributed by atoms with Gasteiger partial charge >= 0.3 is 5.97 Å². The molecule has 0 spiro atoms. The number of hydrogen-bond donors (Lipinski definition) is 1. The number of nitro groups is 1. The molecule has 0 radical (unpaired) electrons. The Morgan fingerprint density at radius 1 is 1.28 bits per heavy atom. The molecule has 8 heteroatoms. The van der Waals surface area contributed by atoms with Gasteiger partial charge in [0.05, 0.1) is 22.3 Å². The topological polar surface area (TPSA) is 81.5 Å². The van der Waals surface area contributed by atoms with Gasteiger partial charge in [-0.05, 0) is 33.8 Å². The molecular formula is C17H18F2N2O4. The third kappa shape index (κ3) is 3.52. The van der Waals surface area contributed by atoms with E-state index in [4.69, 9.17) is 4.74 Å². The van der Waals surface area contributed by atoms with E-state index < -0.39 is 40.2 Å². The highest BCUT2D eigenvalue weighted by molar-refractivity contribution is 5.92. The first-order valence-electron chi connectivity index (χ1n) is 7.63. The molecule has 1 N–H and O–H groups in total. The van der Waals surface area contributed by atoms with E-state index in [9.17, 15) is 23.7 Å². The molecule has 1 aromatic carbocycles. The lowest BCUT2D eigenvalue weighted by molar-refractivity contribution is -0.431. The van der Waals surface area contributed by atoms with Crippen LogP contribution >= 0.6 is 0 Å². The Labute approximate surface area is 143 Å². The van der Waals surface area contributed by atoms with Crippen molar-refractivity contribution in [3.63, 3.8) is 0 Å². The molecule has 1 aromatic rings. The summed E-state index contributed by atoms with van der Waals surface area (Å²) < 4.78 is 33.2. The Hall–Kier alpha value is -2.77. The van der Waals surface area contributed by atoms with Crippen molar-refractivity contribution in [3.8, 4) is 0 Å². The second kappa shape index (κ2) is 7.00. The molecule has 0 bridgehead atoms. The summed E-state index contributed by atoms with van der Waals surface area (Å²) in [6.45, 7) is 6.21. The van der Waals surface area contributed by atoms with E-state index in [1.807, 2.05) is 0 Å². The summed E-state index contributed by atoms with van der Waals surface area (Å²) in [6, 6.07) is 3.37. The van der Waals surface area contributed by atoms with E-state index >= 15 is 0 Å². The van der Waals surface area contributed by atoms with Gasteiger partial charge in [0, 0.05) is 11.3 Å². The number of esters is 1. The number of benzene rings is 1. The number of ether oxygens (including phenoxy) is 1. The third-order valence-corrected chi connectivity index (χ3v) is 3.78. The number of nitrogens with zero attached hydrogens (tertiary/aromatic N) is 1. The van der Waals surface area contributed by atoms with Crippen LogP contribution in [0.5, 0.6) is 0 Å². The molecule has 6 nitrogen and oxygen atoms in total. The van der Waals surface area contributed by atoms with Crippen molar-refractivity contribution in [1.29, 1.82) is 0 Å². The summed E-state index contributed by atoms with van der Waals surface area (Å²) in [4.78, 5) is 23.3. The van der Waals surface area contributed by atoms with Gasteiger partial charge < -0.3 is 10.1 Å². The SMILES string of the molecule is CC1=C(C(=O)OC(C)C)[C@H](c2cccc(F)c2F)C([N+](=O)[O-])=C(C)N1. The van der Waals surface area contributed by atoms with E-state index in [0.29, 0.717) is 5.70 Å². The van der Waals surface area contributed by atoms with Gasteiger partial charge in [-0.1, -0.05) is 12.1 Å². The van der Waals surface area contributed by atoms with E-state index in [2.05, 4.69) is 5.32 Å². The number of dihydropyridines is 1. The average molecular weight is 352 g/mol. The Kier molecular flexibility index (Phi) is 5.20. The van der Waals surface area contributed by atoms with Gasteiger partial charge in [-0.15, -0.1) is 0 Å². The van der Waals surface area contributed by atoms with Crippen LogP contribution in [0.15, 0.2) is 40.9 Å². The van der Waals surface area contributed by atoms with Crippen LogP contribution in [0.25, 0.3) is 0 Å². The van der Waals surface area contributed by atoms with Crippen molar-refractivity contribution in [1.82, 2.24) is 5.32 Å². The maximum absolute atomic E-state index is 14.4. The summed E-state index contributed by atoms with van der Waals surface area (Å²) >= 11 is 0. The van der Waals surface area contributed by atoms with Gasteiger partial charge in [0.15, 0.2) is 11.6 Å². The molecule has 1 aliphatic rings. The van der Waals surface area contributed by atoms with Crippen molar-refractivity contribution in [2.45, 2.75) is 39.7 Å². The standard InChI is InChI=1S/C17H18F2N2O4/c1-8(2)25-17(22)13-9(3)20-10(4)16(21(23)24)14(13)11-6-5-7-12(18)15(11)19/h5-8,14,20H,1-4H3/t14-/m0/s1. The fourth-order valence-electron chi connectivity index (χ4n) is 2.82. The summed E-state index contributed by atoms with van der Waals surface area (Å²) in [5, 5.41) is 14.3. The van der Waals surface area contributed by atoms with Crippen LogP contribution in [0.4, 0.5) is 8.78 Å². The molecule has 0 aromatic heterocycles. The van der Waals surface area contributed by atoms with Crippen molar-refractivity contribution in [3.05, 3.63) is 68.2 Å². The second-order valence-corrected chi connectivity index (χ2v) is 5.96. The van der Waals surface area contributed by atoms with E-state index in [0.717, 1.165) is 6.07 Å². The molecule has 1 atom stereocenters. The Bertz CT molecular complexity index is 800. The Morgan fingerprint density at radius 2 is 1.92 bits per heavy atom. The van der Waals surface area contributed by atoms with Gasteiger partial charge in [0.25, 0.3) is 5.70 Å². The predicted molar refractivity (Wildman–Crippen MR) is 85.9 cm³/mol. The van der Waals surface area contributed by atoms with Crippen molar-refractivity contribution in [2.75, 3.05) is 0 Å². The molecule has 0 fully saturated rings. The molecule has 0 saturated carbocycles. The van der Waals surface area contributed by atoms with Crippen LogP contribution in [-0.2, 0) is 9.53 Å². The molecule has 1 aliphatic heterocycles. The van der Waals surface area contributed by atoms with Crippen LogP contribution in [0, 0.1) is 21.7 Å². The lowest BCUT2D eigenvalue weighted by atomic mass is 9.83. The van der Waals surface area contributed by atoms with E-state index in [-0.39, 0.29) is 16.8 Å².